The number of allylic oxidation sites excluding steroid dienone is 1. The Morgan fingerprint density at radius 1 is 1.09 bits per heavy atom. The van der Waals surface area contributed by atoms with Gasteiger partial charge in [0.15, 0.2) is 0 Å². The van der Waals surface area contributed by atoms with Crippen molar-refractivity contribution in [2.45, 2.75) is 13.5 Å². The molecule has 0 saturated carbocycles. The van der Waals surface area contributed by atoms with Crippen LogP contribution in [0.15, 0.2) is 72.4 Å². The van der Waals surface area contributed by atoms with Crippen LogP contribution in [0.1, 0.15) is 12.5 Å². The number of anilines is 1. The molecule has 23 heavy (non-hydrogen) atoms. The van der Waals surface area contributed by atoms with Gasteiger partial charge in [-0.05, 0) is 24.6 Å². The molecule has 0 fully saturated rings. The van der Waals surface area contributed by atoms with Crippen LogP contribution in [0.3, 0.4) is 0 Å². The summed E-state index contributed by atoms with van der Waals surface area (Å²) in [5.41, 5.74) is 8.22. The third-order valence-electron chi connectivity index (χ3n) is 3.29. The highest BCUT2D eigenvalue weighted by Gasteiger charge is 2.08. The van der Waals surface area contributed by atoms with Crippen molar-refractivity contribution in [1.29, 1.82) is 0 Å². The Morgan fingerprint density at radius 2 is 1.70 bits per heavy atom. The van der Waals surface area contributed by atoms with Gasteiger partial charge in [-0.2, -0.15) is 0 Å². The fourth-order valence-electron chi connectivity index (χ4n) is 2.23. The van der Waals surface area contributed by atoms with E-state index in [4.69, 9.17) is 10.5 Å². The van der Waals surface area contributed by atoms with Crippen molar-refractivity contribution in [1.82, 2.24) is 0 Å². The van der Waals surface area contributed by atoms with Gasteiger partial charge in [0.05, 0.1) is 6.54 Å². The average Bonchev–Trinajstić information content (AvgIpc) is 2.55. The first-order valence-electron chi connectivity index (χ1n) is 7.59. The van der Waals surface area contributed by atoms with Gasteiger partial charge in [0, 0.05) is 24.0 Å². The van der Waals surface area contributed by atoms with Crippen LogP contribution in [0, 0.1) is 0 Å². The standard InChI is InChI=1S/C19H22N2O2/c1-16(20)14-19(22)23-13-12-21(18-10-6-3-7-11-18)15-17-8-4-2-5-9-17/h2-11,14H,12-13,15,20H2,1H3/b16-14+. The summed E-state index contributed by atoms with van der Waals surface area (Å²) in [7, 11) is 0. The molecule has 0 radical (unpaired) electrons. The smallest absolute Gasteiger partial charge is 0.332 e. The summed E-state index contributed by atoms with van der Waals surface area (Å²) in [6.07, 6.45) is 1.30. The molecule has 0 aliphatic heterocycles. The fraction of sp³-hybridized carbons (Fsp3) is 0.211. The second kappa shape index (κ2) is 8.63. The van der Waals surface area contributed by atoms with Crippen molar-refractivity contribution < 1.29 is 9.53 Å². The highest BCUT2D eigenvalue weighted by atomic mass is 16.5. The number of esters is 1. The minimum Gasteiger partial charge on any atom is -0.461 e. The number of carbonyl (C=O) groups excluding carboxylic acids is 1. The van der Waals surface area contributed by atoms with Gasteiger partial charge < -0.3 is 15.4 Å². The average molecular weight is 310 g/mol. The Balaban J connectivity index is 2.00. The van der Waals surface area contributed by atoms with Gasteiger partial charge in [-0.15, -0.1) is 0 Å². The van der Waals surface area contributed by atoms with Crippen molar-refractivity contribution in [2.75, 3.05) is 18.1 Å². The van der Waals surface area contributed by atoms with Gasteiger partial charge in [0.25, 0.3) is 0 Å². The monoisotopic (exact) mass is 310 g/mol. The van der Waals surface area contributed by atoms with E-state index < -0.39 is 5.97 Å². The number of para-hydroxylation sites is 1. The van der Waals surface area contributed by atoms with Crippen molar-refractivity contribution in [3.05, 3.63) is 78.0 Å². The lowest BCUT2D eigenvalue weighted by atomic mass is 10.2. The largest absolute Gasteiger partial charge is 0.461 e. The molecule has 0 spiro atoms. The van der Waals surface area contributed by atoms with E-state index in [1.165, 1.54) is 11.6 Å². The predicted octanol–water partition coefficient (Wildman–Crippen LogP) is 3.10. The number of carbonyl (C=O) groups is 1. The second-order valence-corrected chi connectivity index (χ2v) is 5.30. The number of nitrogens with zero attached hydrogens (tertiary/aromatic N) is 1. The summed E-state index contributed by atoms with van der Waals surface area (Å²) in [6, 6.07) is 20.3. The van der Waals surface area contributed by atoms with E-state index in [2.05, 4.69) is 29.2 Å². The number of rotatable bonds is 7. The molecule has 4 heteroatoms. The molecule has 0 saturated heterocycles. The quantitative estimate of drug-likeness (QED) is 0.631. The van der Waals surface area contributed by atoms with E-state index in [-0.39, 0.29) is 0 Å². The highest BCUT2D eigenvalue weighted by Crippen LogP contribution is 2.16. The van der Waals surface area contributed by atoms with Crippen molar-refractivity contribution in [2.24, 2.45) is 5.73 Å². The molecule has 2 aromatic carbocycles. The molecule has 0 heterocycles. The normalized spacial score (nSPS) is 11.1. The number of ether oxygens (including phenoxy) is 1. The molecule has 0 amide bonds. The zero-order chi connectivity index (χ0) is 16.5. The van der Waals surface area contributed by atoms with Crippen LogP contribution in [0.4, 0.5) is 5.69 Å². The molecule has 2 rings (SSSR count). The van der Waals surface area contributed by atoms with Crippen LogP contribution in [0.2, 0.25) is 0 Å². The van der Waals surface area contributed by atoms with Crippen LogP contribution >= 0.6 is 0 Å². The molecule has 2 aromatic rings. The van der Waals surface area contributed by atoms with E-state index in [9.17, 15) is 4.79 Å². The maximum Gasteiger partial charge on any atom is 0.332 e. The van der Waals surface area contributed by atoms with E-state index in [1.54, 1.807) is 6.92 Å². The van der Waals surface area contributed by atoms with Gasteiger partial charge in [0.1, 0.15) is 6.61 Å². The molecule has 0 bridgehead atoms. The van der Waals surface area contributed by atoms with Crippen molar-refractivity contribution in [3.8, 4) is 0 Å². The maximum atomic E-state index is 11.5. The Kier molecular flexibility index (Phi) is 6.24. The van der Waals surface area contributed by atoms with Crippen molar-refractivity contribution >= 4 is 11.7 Å². The minimum absolute atomic E-state index is 0.310. The SMILES string of the molecule is C/C(N)=C\C(=O)OCCN(Cc1ccccc1)c1ccccc1. The third kappa shape index (κ3) is 5.87. The number of nitrogens with two attached hydrogens (primary N) is 1. The molecular formula is C19H22N2O2. The van der Waals surface area contributed by atoms with Gasteiger partial charge in [-0.3, -0.25) is 0 Å². The molecular weight excluding hydrogens is 288 g/mol. The summed E-state index contributed by atoms with van der Waals surface area (Å²) < 4.78 is 5.21. The Morgan fingerprint density at radius 3 is 2.30 bits per heavy atom. The Bertz CT molecular complexity index is 635. The lowest BCUT2D eigenvalue weighted by Gasteiger charge is -2.24. The first-order valence-corrected chi connectivity index (χ1v) is 7.59. The van der Waals surface area contributed by atoms with E-state index in [1.807, 2.05) is 36.4 Å². The Labute approximate surface area is 137 Å². The topological polar surface area (TPSA) is 55.6 Å². The van der Waals surface area contributed by atoms with Gasteiger partial charge in [-0.25, -0.2) is 4.79 Å². The predicted molar refractivity (Wildman–Crippen MR) is 92.8 cm³/mol. The summed E-state index contributed by atoms with van der Waals surface area (Å²) in [5, 5.41) is 0. The molecule has 120 valence electrons. The first kappa shape index (κ1) is 16.6. The van der Waals surface area contributed by atoms with Crippen molar-refractivity contribution in [3.63, 3.8) is 0 Å². The van der Waals surface area contributed by atoms with Crippen LogP contribution in [-0.2, 0) is 16.1 Å². The number of hydrogen-bond donors (Lipinski definition) is 1. The molecule has 0 aliphatic carbocycles. The number of benzene rings is 2. The van der Waals surface area contributed by atoms with Gasteiger partial charge >= 0.3 is 5.97 Å². The van der Waals surface area contributed by atoms with Crippen LogP contribution in [-0.4, -0.2) is 19.1 Å². The van der Waals surface area contributed by atoms with E-state index in [0.717, 1.165) is 12.2 Å². The summed E-state index contributed by atoms with van der Waals surface area (Å²) >= 11 is 0. The lowest BCUT2D eigenvalue weighted by Crippen LogP contribution is -2.27. The molecule has 0 atom stereocenters. The number of hydrogen-bond acceptors (Lipinski definition) is 4. The Hall–Kier alpha value is -2.75. The second-order valence-electron chi connectivity index (χ2n) is 5.30. The molecule has 2 N–H and O–H groups in total. The van der Waals surface area contributed by atoms with Crippen LogP contribution in [0.25, 0.3) is 0 Å². The molecule has 0 unspecified atom stereocenters. The summed E-state index contributed by atoms with van der Waals surface area (Å²) in [5.74, 6) is -0.405. The lowest BCUT2D eigenvalue weighted by molar-refractivity contribution is -0.137. The fourth-order valence-corrected chi connectivity index (χ4v) is 2.23. The van der Waals surface area contributed by atoms with Gasteiger partial charge in [-0.1, -0.05) is 48.5 Å². The van der Waals surface area contributed by atoms with Crippen LogP contribution in [0.5, 0.6) is 0 Å². The van der Waals surface area contributed by atoms with E-state index >= 15 is 0 Å². The first-order chi connectivity index (χ1) is 11.1. The zero-order valence-electron chi connectivity index (χ0n) is 13.3. The molecule has 4 nitrogen and oxygen atoms in total. The third-order valence-corrected chi connectivity index (χ3v) is 3.29. The van der Waals surface area contributed by atoms with E-state index in [0.29, 0.717) is 18.8 Å². The maximum absolute atomic E-state index is 11.5. The van der Waals surface area contributed by atoms with Gasteiger partial charge in [0.2, 0.25) is 0 Å². The molecule has 0 aromatic heterocycles. The summed E-state index contributed by atoms with van der Waals surface area (Å²) in [6.45, 7) is 3.34. The molecule has 0 aliphatic rings. The minimum atomic E-state index is -0.405. The van der Waals surface area contributed by atoms with Crippen LogP contribution < -0.4 is 10.6 Å². The zero-order valence-corrected chi connectivity index (χ0v) is 13.3. The summed E-state index contributed by atoms with van der Waals surface area (Å²) in [4.78, 5) is 13.7. The highest BCUT2D eigenvalue weighted by molar-refractivity contribution is 5.82.